The van der Waals surface area contributed by atoms with Crippen LogP contribution in [0, 0.1) is 5.92 Å². The first-order valence-corrected chi connectivity index (χ1v) is 10.1. The molecule has 3 rings (SSSR count). The summed E-state index contributed by atoms with van der Waals surface area (Å²) in [5.41, 5.74) is 3.91. The second-order valence-corrected chi connectivity index (χ2v) is 7.63. The van der Waals surface area contributed by atoms with Gasteiger partial charge in [-0.25, -0.2) is 0 Å². The second-order valence-electron chi connectivity index (χ2n) is 7.63. The largest absolute Gasteiger partial charge is 0.462 e. The molecule has 6 nitrogen and oxygen atoms in total. The minimum atomic E-state index is -1.25. The van der Waals surface area contributed by atoms with E-state index < -0.39 is 30.5 Å². The Morgan fingerprint density at radius 2 is 1.59 bits per heavy atom. The SMILES string of the molecule is CCc1ccc(Cc2ccc(CO)cc2O[C@@H]2O[C@H](CO)[C@@H](C)[C@H](O)[C@H]2O)cc1. The summed E-state index contributed by atoms with van der Waals surface area (Å²) >= 11 is 0. The maximum atomic E-state index is 10.4. The molecule has 158 valence electrons. The van der Waals surface area contributed by atoms with Gasteiger partial charge >= 0.3 is 0 Å². The molecule has 5 atom stereocenters. The van der Waals surface area contributed by atoms with E-state index in [-0.39, 0.29) is 13.2 Å². The molecule has 2 aromatic rings. The molecule has 0 bridgehead atoms. The minimum Gasteiger partial charge on any atom is -0.462 e. The van der Waals surface area contributed by atoms with E-state index in [1.54, 1.807) is 13.0 Å². The fraction of sp³-hybridized carbons (Fsp3) is 0.478. The fourth-order valence-electron chi connectivity index (χ4n) is 3.57. The van der Waals surface area contributed by atoms with E-state index in [0.717, 1.165) is 17.5 Å². The third-order valence-corrected chi connectivity index (χ3v) is 5.63. The summed E-state index contributed by atoms with van der Waals surface area (Å²) in [6.45, 7) is 3.40. The zero-order valence-electron chi connectivity index (χ0n) is 16.9. The maximum absolute atomic E-state index is 10.4. The highest BCUT2D eigenvalue weighted by Gasteiger charge is 2.43. The second kappa shape index (κ2) is 9.69. The van der Waals surface area contributed by atoms with E-state index in [4.69, 9.17) is 9.47 Å². The molecule has 1 fully saturated rings. The van der Waals surface area contributed by atoms with Gasteiger partial charge in [-0.05, 0) is 34.7 Å². The Morgan fingerprint density at radius 1 is 0.931 bits per heavy atom. The van der Waals surface area contributed by atoms with Crippen LogP contribution in [0.2, 0.25) is 0 Å². The van der Waals surface area contributed by atoms with Gasteiger partial charge in [0.15, 0.2) is 0 Å². The monoisotopic (exact) mass is 402 g/mol. The van der Waals surface area contributed by atoms with Gasteiger partial charge in [-0.15, -0.1) is 0 Å². The number of rotatable bonds is 7. The molecule has 0 aromatic heterocycles. The van der Waals surface area contributed by atoms with Gasteiger partial charge < -0.3 is 29.9 Å². The summed E-state index contributed by atoms with van der Waals surface area (Å²) in [5.74, 6) is 0.0498. The zero-order chi connectivity index (χ0) is 21.0. The third kappa shape index (κ3) is 4.97. The molecular formula is C23H30O6. The zero-order valence-corrected chi connectivity index (χ0v) is 16.9. The van der Waals surface area contributed by atoms with E-state index in [2.05, 4.69) is 31.2 Å². The molecule has 1 heterocycles. The first-order valence-electron chi connectivity index (χ1n) is 10.1. The molecule has 2 aromatic carbocycles. The van der Waals surface area contributed by atoms with E-state index >= 15 is 0 Å². The van der Waals surface area contributed by atoms with E-state index in [1.165, 1.54) is 5.56 Å². The van der Waals surface area contributed by atoms with Crippen molar-refractivity contribution < 1.29 is 29.9 Å². The predicted molar refractivity (Wildman–Crippen MR) is 109 cm³/mol. The lowest BCUT2D eigenvalue weighted by atomic mass is 9.91. The van der Waals surface area contributed by atoms with Crippen molar-refractivity contribution in [2.45, 2.75) is 57.9 Å². The minimum absolute atomic E-state index is 0.144. The van der Waals surface area contributed by atoms with Crippen molar-refractivity contribution in [1.82, 2.24) is 0 Å². The summed E-state index contributed by atoms with van der Waals surface area (Å²) in [5, 5.41) is 39.7. The van der Waals surface area contributed by atoms with Crippen molar-refractivity contribution in [1.29, 1.82) is 0 Å². The Morgan fingerprint density at radius 3 is 2.21 bits per heavy atom. The van der Waals surface area contributed by atoms with Crippen LogP contribution < -0.4 is 4.74 Å². The predicted octanol–water partition coefficient (Wildman–Crippen LogP) is 1.79. The van der Waals surface area contributed by atoms with Crippen LogP contribution in [-0.4, -0.2) is 51.6 Å². The van der Waals surface area contributed by atoms with E-state index in [9.17, 15) is 20.4 Å². The van der Waals surface area contributed by atoms with Crippen LogP contribution in [0.15, 0.2) is 42.5 Å². The van der Waals surface area contributed by atoms with Crippen molar-refractivity contribution in [3.05, 3.63) is 64.7 Å². The highest BCUT2D eigenvalue weighted by molar-refractivity contribution is 5.41. The molecule has 0 radical (unpaired) electrons. The van der Waals surface area contributed by atoms with Gasteiger partial charge in [-0.1, -0.05) is 50.2 Å². The topological polar surface area (TPSA) is 99.4 Å². The Balaban J connectivity index is 1.84. The summed E-state index contributed by atoms with van der Waals surface area (Å²) in [7, 11) is 0. The molecule has 1 aliphatic heterocycles. The molecule has 0 spiro atoms. The average Bonchev–Trinajstić information content (AvgIpc) is 2.75. The molecule has 29 heavy (non-hydrogen) atoms. The number of benzene rings is 2. The van der Waals surface area contributed by atoms with E-state index in [0.29, 0.717) is 17.7 Å². The molecule has 0 saturated carbocycles. The van der Waals surface area contributed by atoms with Crippen molar-refractivity contribution in [2.75, 3.05) is 6.61 Å². The van der Waals surface area contributed by atoms with E-state index in [1.807, 2.05) is 12.1 Å². The summed E-state index contributed by atoms with van der Waals surface area (Å²) in [4.78, 5) is 0. The van der Waals surface area contributed by atoms with Crippen LogP contribution in [0.3, 0.4) is 0 Å². The highest BCUT2D eigenvalue weighted by Crippen LogP contribution is 2.31. The number of ether oxygens (including phenoxy) is 2. The lowest BCUT2D eigenvalue weighted by molar-refractivity contribution is -0.261. The molecule has 1 aliphatic rings. The number of aliphatic hydroxyl groups is 4. The van der Waals surface area contributed by atoms with Gasteiger partial charge in [0.1, 0.15) is 11.9 Å². The Kier molecular flexibility index (Phi) is 7.27. The molecule has 0 aliphatic carbocycles. The number of hydrogen-bond acceptors (Lipinski definition) is 6. The number of aryl methyl sites for hydroxylation is 1. The van der Waals surface area contributed by atoms with Crippen LogP contribution in [0.5, 0.6) is 5.75 Å². The fourth-order valence-corrected chi connectivity index (χ4v) is 3.57. The van der Waals surface area contributed by atoms with Gasteiger partial charge in [-0.3, -0.25) is 0 Å². The van der Waals surface area contributed by atoms with Gasteiger partial charge in [0.2, 0.25) is 6.29 Å². The van der Waals surface area contributed by atoms with Crippen LogP contribution >= 0.6 is 0 Å². The summed E-state index contributed by atoms with van der Waals surface area (Å²) in [6.07, 6.45) is -2.49. The molecule has 0 amide bonds. The standard InChI is InChI=1S/C23H30O6/c1-3-15-4-6-16(7-5-15)10-18-9-8-17(12-24)11-19(18)28-23-22(27)21(26)14(2)20(13-25)29-23/h4-9,11,14,20-27H,3,10,12-13H2,1-2H3/t14-,20-,21+,22-,23-/m1/s1. The van der Waals surface area contributed by atoms with Crippen molar-refractivity contribution >= 4 is 0 Å². The van der Waals surface area contributed by atoms with Crippen LogP contribution in [0.25, 0.3) is 0 Å². The number of hydrogen-bond donors (Lipinski definition) is 4. The first-order chi connectivity index (χ1) is 14.0. The van der Waals surface area contributed by atoms with Gasteiger partial charge in [0.05, 0.1) is 25.4 Å². The van der Waals surface area contributed by atoms with Gasteiger partial charge in [-0.2, -0.15) is 0 Å². The normalized spacial score (nSPS) is 27.0. The molecule has 4 N–H and O–H groups in total. The lowest BCUT2D eigenvalue weighted by Gasteiger charge is -2.40. The van der Waals surface area contributed by atoms with Crippen LogP contribution in [0.1, 0.15) is 36.1 Å². The maximum Gasteiger partial charge on any atom is 0.229 e. The van der Waals surface area contributed by atoms with Crippen LogP contribution in [-0.2, 0) is 24.2 Å². The van der Waals surface area contributed by atoms with Crippen molar-refractivity contribution in [3.63, 3.8) is 0 Å². The van der Waals surface area contributed by atoms with Gasteiger partial charge in [0.25, 0.3) is 0 Å². The lowest BCUT2D eigenvalue weighted by Crippen LogP contribution is -2.56. The molecule has 0 unspecified atom stereocenters. The summed E-state index contributed by atoms with van der Waals surface area (Å²) < 4.78 is 11.7. The molecule has 1 saturated heterocycles. The first kappa shape index (κ1) is 21.7. The highest BCUT2D eigenvalue weighted by atomic mass is 16.7. The Bertz CT molecular complexity index is 788. The van der Waals surface area contributed by atoms with Gasteiger partial charge in [0, 0.05) is 12.3 Å². The Hall–Kier alpha value is -1.96. The molecule has 6 heteroatoms. The van der Waals surface area contributed by atoms with Crippen molar-refractivity contribution in [3.8, 4) is 5.75 Å². The Labute approximate surface area is 171 Å². The smallest absolute Gasteiger partial charge is 0.229 e. The third-order valence-electron chi connectivity index (χ3n) is 5.63. The average molecular weight is 402 g/mol. The number of aliphatic hydroxyl groups excluding tert-OH is 4. The summed E-state index contributed by atoms with van der Waals surface area (Å²) in [6, 6.07) is 13.7. The molecular weight excluding hydrogens is 372 g/mol. The van der Waals surface area contributed by atoms with Crippen LogP contribution in [0.4, 0.5) is 0 Å². The quantitative estimate of drug-likeness (QED) is 0.564. The van der Waals surface area contributed by atoms with Crippen molar-refractivity contribution in [2.24, 2.45) is 5.92 Å².